The highest BCUT2D eigenvalue weighted by Crippen LogP contribution is 2.15. The SMILES string of the molecule is COC(=O)C(NC(=O)CCC(=O)c1ccccc1)c1ccccc1. The van der Waals surface area contributed by atoms with Crippen LogP contribution < -0.4 is 5.32 Å². The quantitative estimate of drug-likeness (QED) is 0.627. The standard InChI is InChI=1S/C19H19NO4/c1-24-19(23)18(15-10-6-3-7-11-15)20-17(22)13-12-16(21)14-8-4-2-5-9-14/h2-11,18H,12-13H2,1H3,(H,20,22). The van der Waals surface area contributed by atoms with Gasteiger partial charge in [0.05, 0.1) is 7.11 Å². The lowest BCUT2D eigenvalue weighted by Crippen LogP contribution is -2.34. The van der Waals surface area contributed by atoms with Crippen molar-refractivity contribution in [3.63, 3.8) is 0 Å². The summed E-state index contributed by atoms with van der Waals surface area (Å²) in [6.07, 6.45) is 0.0899. The molecule has 0 radical (unpaired) electrons. The van der Waals surface area contributed by atoms with Crippen molar-refractivity contribution >= 4 is 17.7 Å². The smallest absolute Gasteiger partial charge is 0.333 e. The molecule has 0 bridgehead atoms. The van der Waals surface area contributed by atoms with Gasteiger partial charge in [-0.15, -0.1) is 0 Å². The Morgan fingerprint density at radius 1 is 0.917 bits per heavy atom. The first-order valence-corrected chi connectivity index (χ1v) is 7.62. The molecule has 0 fully saturated rings. The first-order chi connectivity index (χ1) is 11.6. The van der Waals surface area contributed by atoms with Gasteiger partial charge in [-0.1, -0.05) is 60.7 Å². The molecular weight excluding hydrogens is 306 g/mol. The van der Waals surface area contributed by atoms with Crippen molar-refractivity contribution in [2.75, 3.05) is 7.11 Å². The van der Waals surface area contributed by atoms with Crippen molar-refractivity contribution in [2.45, 2.75) is 18.9 Å². The predicted molar refractivity (Wildman–Crippen MR) is 89.3 cm³/mol. The fourth-order valence-corrected chi connectivity index (χ4v) is 2.27. The molecule has 1 N–H and O–H groups in total. The van der Waals surface area contributed by atoms with Gasteiger partial charge in [-0.2, -0.15) is 0 Å². The molecule has 0 spiro atoms. The van der Waals surface area contributed by atoms with E-state index in [1.165, 1.54) is 7.11 Å². The van der Waals surface area contributed by atoms with E-state index in [9.17, 15) is 14.4 Å². The highest BCUT2D eigenvalue weighted by Gasteiger charge is 2.23. The molecule has 0 aliphatic carbocycles. The Hall–Kier alpha value is -2.95. The summed E-state index contributed by atoms with van der Waals surface area (Å²) in [5, 5.41) is 2.63. The number of hydrogen-bond acceptors (Lipinski definition) is 4. The summed E-state index contributed by atoms with van der Waals surface area (Å²) in [7, 11) is 1.27. The van der Waals surface area contributed by atoms with E-state index in [4.69, 9.17) is 4.74 Å². The number of rotatable bonds is 7. The van der Waals surface area contributed by atoms with E-state index in [-0.39, 0.29) is 24.5 Å². The highest BCUT2D eigenvalue weighted by molar-refractivity contribution is 5.98. The highest BCUT2D eigenvalue weighted by atomic mass is 16.5. The summed E-state index contributed by atoms with van der Waals surface area (Å²) in [4.78, 5) is 36.0. The molecule has 0 saturated heterocycles. The third-order valence-electron chi connectivity index (χ3n) is 3.55. The molecule has 2 rings (SSSR count). The van der Waals surface area contributed by atoms with Crippen LogP contribution in [0.5, 0.6) is 0 Å². The molecule has 1 atom stereocenters. The Labute approximate surface area is 140 Å². The summed E-state index contributed by atoms with van der Waals surface area (Å²) in [5.41, 5.74) is 1.20. The van der Waals surface area contributed by atoms with Gasteiger partial charge in [0.15, 0.2) is 11.8 Å². The molecular formula is C19H19NO4. The number of ketones is 1. The van der Waals surface area contributed by atoms with Crippen LogP contribution >= 0.6 is 0 Å². The number of esters is 1. The zero-order valence-corrected chi connectivity index (χ0v) is 13.4. The van der Waals surface area contributed by atoms with E-state index >= 15 is 0 Å². The summed E-state index contributed by atoms with van der Waals surface area (Å²) in [6, 6.07) is 16.7. The fourth-order valence-electron chi connectivity index (χ4n) is 2.27. The molecule has 0 aromatic heterocycles. The van der Waals surface area contributed by atoms with Gasteiger partial charge in [-0.25, -0.2) is 4.79 Å². The molecule has 0 heterocycles. The number of nitrogens with one attached hydrogen (secondary N) is 1. The lowest BCUT2D eigenvalue weighted by atomic mass is 10.0. The minimum Gasteiger partial charge on any atom is -0.467 e. The van der Waals surface area contributed by atoms with Crippen molar-refractivity contribution in [1.29, 1.82) is 0 Å². The molecule has 5 nitrogen and oxygen atoms in total. The molecule has 5 heteroatoms. The Bertz CT molecular complexity index is 698. The Morgan fingerprint density at radius 2 is 1.50 bits per heavy atom. The third-order valence-corrected chi connectivity index (χ3v) is 3.55. The lowest BCUT2D eigenvalue weighted by molar-refractivity contribution is -0.145. The van der Waals surface area contributed by atoms with E-state index in [1.54, 1.807) is 48.5 Å². The Kier molecular flexibility index (Phi) is 6.25. The van der Waals surface area contributed by atoms with E-state index in [0.29, 0.717) is 11.1 Å². The number of carbonyl (C=O) groups is 3. The molecule has 24 heavy (non-hydrogen) atoms. The van der Waals surface area contributed by atoms with Gasteiger partial charge in [-0.3, -0.25) is 9.59 Å². The lowest BCUT2D eigenvalue weighted by Gasteiger charge is -2.16. The molecule has 2 aromatic rings. The van der Waals surface area contributed by atoms with Crippen molar-refractivity contribution in [3.05, 3.63) is 71.8 Å². The Morgan fingerprint density at radius 3 is 2.08 bits per heavy atom. The average Bonchev–Trinajstić information content (AvgIpc) is 2.65. The molecule has 2 aromatic carbocycles. The zero-order chi connectivity index (χ0) is 17.4. The van der Waals surface area contributed by atoms with Gasteiger partial charge in [-0.05, 0) is 5.56 Å². The maximum Gasteiger partial charge on any atom is 0.333 e. The molecule has 0 aliphatic heterocycles. The van der Waals surface area contributed by atoms with Crippen LogP contribution in [-0.4, -0.2) is 24.8 Å². The second-order valence-corrected chi connectivity index (χ2v) is 5.22. The topological polar surface area (TPSA) is 72.5 Å². The van der Waals surface area contributed by atoms with Crippen LogP contribution in [-0.2, 0) is 14.3 Å². The number of Topliss-reactive ketones (excluding diaryl/α,β-unsaturated/α-hetero) is 1. The van der Waals surface area contributed by atoms with Crippen LogP contribution in [0.3, 0.4) is 0 Å². The van der Waals surface area contributed by atoms with E-state index in [1.807, 2.05) is 12.1 Å². The van der Waals surface area contributed by atoms with E-state index in [2.05, 4.69) is 5.32 Å². The maximum atomic E-state index is 12.1. The van der Waals surface area contributed by atoms with Gasteiger partial charge in [0.1, 0.15) is 0 Å². The van der Waals surface area contributed by atoms with Crippen molar-refractivity contribution in [3.8, 4) is 0 Å². The molecule has 124 valence electrons. The van der Waals surface area contributed by atoms with E-state index in [0.717, 1.165) is 0 Å². The van der Waals surface area contributed by atoms with Crippen molar-refractivity contribution < 1.29 is 19.1 Å². The van der Waals surface area contributed by atoms with E-state index < -0.39 is 12.0 Å². The van der Waals surface area contributed by atoms with Gasteiger partial charge < -0.3 is 10.1 Å². The van der Waals surface area contributed by atoms with Crippen LogP contribution in [0.4, 0.5) is 0 Å². The second kappa shape index (κ2) is 8.62. The summed E-state index contributed by atoms with van der Waals surface area (Å²) >= 11 is 0. The molecule has 0 aliphatic rings. The van der Waals surface area contributed by atoms with Gasteiger partial charge in [0, 0.05) is 18.4 Å². The number of hydrogen-bond donors (Lipinski definition) is 1. The number of benzene rings is 2. The van der Waals surface area contributed by atoms with Gasteiger partial charge in [0.2, 0.25) is 5.91 Å². The zero-order valence-electron chi connectivity index (χ0n) is 13.4. The van der Waals surface area contributed by atoms with Crippen LogP contribution in [0.1, 0.15) is 34.8 Å². The minimum absolute atomic E-state index is 0.00799. The number of ether oxygens (including phenoxy) is 1. The fraction of sp³-hybridized carbons (Fsp3) is 0.211. The summed E-state index contributed by atoms with van der Waals surface area (Å²) < 4.78 is 4.74. The summed E-state index contributed by atoms with van der Waals surface area (Å²) in [5.74, 6) is -1.04. The van der Waals surface area contributed by atoms with Crippen LogP contribution in [0.25, 0.3) is 0 Å². The number of methoxy groups -OCH3 is 1. The Balaban J connectivity index is 1.96. The van der Waals surface area contributed by atoms with Crippen LogP contribution in [0, 0.1) is 0 Å². The van der Waals surface area contributed by atoms with Crippen LogP contribution in [0.15, 0.2) is 60.7 Å². The van der Waals surface area contributed by atoms with Gasteiger partial charge in [0.25, 0.3) is 0 Å². The number of amides is 1. The summed E-state index contributed by atoms with van der Waals surface area (Å²) in [6.45, 7) is 0. The molecule has 0 saturated carbocycles. The first-order valence-electron chi connectivity index (χ1n) is 7.62. The second-order valence-electron chi connectivity index (χ2n) is 5.22. The minimum atomic E-state index is -0.879. The maximum absolute atomic E-state index is 12.1. The van der Waals surface area contributed by atoms with Crippen molar-refractivity contribution in [2.24, 2.45) is 0 Å². The van der Waals surface area contributed by atoms with Gasteiger partial charge >= 0.3 is 5.97 Å². The van der Waals surface area contributed by atoms with Crippen molar-refractivity contribution in [1.82, 2.24) is 5.32 Å². The molecule has 1 unspecified atom stereocenters. The monoisotopic (exact) mass is 325 g/mol. The first kappa shape index (κ1) is 17.4. The third kappa shape index (κ3) is 4.78. The normalized spacial score (nSPS) is 11.4. The predicted octanol–water partition coefficient (Wildman–Crippen LogP) is 2.68. The molecule has 1 amide bonds. The number of carbonyl (C=O) groups excluding carboxylic acids is 3. The van der Waals surface area contributed by atoms with Crippen LogP contribution in [0.2, 0.25) is 0 Å². The average molecular weight is 325 g/mol. The largest absolute Gasteiger partial charge is 0.467 e.